The first-order valence-corrected chi connectivity index (χ1v) is 8.62. The summed E-state index contributed by atoms with van der Waals surface area (Å²) in [4.78, 5) is 16.4. The average molecular weight is 397 g/mol. The van der Waals surface area contributed by atoms with Crippen LogP contribution in [0, 0.1) is 5.82 Å². The highest BCUT2D eigenvalue weighted by atomic mass is 79.9. The number of amides is 1. The SMILES string of the molecule is NC1(c2noc(CCNC(=O)c3cc(F)ccc3Br)n2)CCCC1. The smallest absolute Gasteiger partial charge is 0.252 e. The number of aromatic nitrogens is 2. The average Bonchev–Trinajstić information content (AvgIpc) is 3.20. The summed E-state index contributed by atoms with van der Waals surface area (Å²) in [5, 5.41) is 6.68. The third kappa shape index (κ3) is 3.64. The van der Waals surface area contributed by atoms with Crippen LogP contribution in [-0.2, 0) is 12.0 Å². The Morgan fingerprint density at radius 1 is 1.42 bits per heavy atom. The summed E-state index contributed by atoms with van der Waals surface area (Å²) in [7, 11) is 0. The van der Waals surface area contributed by atoms with E-state index in [1.54, 1.807) is 0 Å². The number of nitrogens with one attached hydrogen (secondary N) is 1. The summed E-state index contributed by atoms with van der Waals surface area (Å²) in [5.41, 5.74) is 6.04. The zero-order chi connectivity index (χ0) is 17.2. The van der Waals surface area contributed by atoms with Crippen LogP contribution < -0.4 is 11.1 Å². The van der Waals surface area contributed by atoms with Crippen LogP contribution in [-0.4, -0.2) is 22.6 Å². The predicted molar refractivity (Wildman–Crippen MR) is 88.8 cm³/mol. The van der Waals surface area contributed by atoms with Crippen molar-refractivity contribution in [3.05, 3.63) is 45.8 Å². The molecule has 3 rings (SSSR count). The molecule has 2 aromatic rings. The molecular weight excluding hydrogens is 379 g/mol. The molecule has 0 unspecified atom stereocenters. The second kappa shape index (κ2) is 6.98. The molecule has 1 aromatic heterocycles. The number of benzene rings is 1. The lowest BCUT2D eigenvalue weighted by Crippen LogP contribution is -2.34. The van der Waals surface area contributed by atoms with Crippen LogP contribution >= 0.6 is 15.9 Å². The van der Waals surface area contributed by atoms with Gasteiger partial charge in [0.1, 0.15) is 5.82 Å². The van der Waals surface area contributed by atoms with Crippen LogP contribution in [0.25, 0.3) is 0 Å². The van der Waals surface area contributed by atoms with Crippen LogP contribution in [0.1, 0.15) is 47.8 Å². The number of carbonyl (C=O) groups is 1. The van der Waals surface area contributed by atoms with Crippen molar-refractivity contribution in [3.63, 3.8) is 0 Å². The fourth-order valence-electron chi connectivity index (χ4n) is 2.84. The largest absolute Gasteiger partial charge is 0.351 e. The summed E-state index contributed by atoms with van der Waals surface area (Å²) in [5.74, 6) is 0.136. The van der Waals surface area contributed by atoms with Crippen molar-refractivity contribution in [3.8, 4) is 0 Å². The first kappa shape index (κ1) is 17.0. The van der Waals surface area contributed by atoms with E-state index in [0.717, 1.165) is 25.7 Å². The second-order valence-corrected chi connectivity index (χ2v) is 6.86. The number of nitrogens with zero attached hydrogens (tertiary/aromatic N) is 2. The summed E-state index contributed by atoms with van der Waals surface area (Å²) in [6, 6.07) is 3.96. The van der Waals surface area contributed by atoms with E-state index in [9.17, 15) is 9.18 Å². The van der Waals surface area contributed by atoms with Gasteiger partial charge >= 0.3 is 0 Å². The first-order chi connectivity index (χ1) is 11.5. The molecule has 6 nitrogen and oxygen atoms in total. The molecule has 1 aliphatic carbocycles. The molecule has 1 aliphatic rings. The quantitative estimate of drug-likeness (QED) is 0.809. The van der Waals surface area contributed by atoms with Crippen molar-refractivity contribution < 1.29 is 13.7 Å². The second-order valence-electron chi connectivity index (χ2n) is 6.01. The van der Waals surface area contributed by atoms with Gasteiger partial charge in [-0.3, -0.25) is 4.79 Å². The lowest BCUT2D eigenvalue weighted by molar-refractivity contribution is 0.0952. The Morgan fingerprint density at radius 3 is 2.92 bits per heavy atom. The lowest BCUT2D eigenvalue weighted by Gasteiger charge is -2.17. The van der Waals surface area contributed by atoms with Crippen molar-refractivity contribution >= 4 is 21.8 Å². The Balaban J connectivity index is 1.56. The van der Waals surface area contributed by atoms with E-state index in [2.05, 4.69) is 31.4 Å². The lowest BCUT2D eigenvalue weighted by atomic mass is 9.99. The molecule has 0 spiro atoms. The van der Waals surface area contributed by atoms with E-state index in [1.165, 1.54) is 18.2 Å². The molecule has 128 valence electrons. The van der Waals surface area contributed by atoms with Gasteiger partial charge in [0.05, 0.1) is 11.1 Å². The molecule has 1 aromatic carbocycles. The molecule has 8 heteroatoms. The van der Waals surface area contributed by atoms with Gasteiger partial charge in [0.2, 0.25) is 5.89 Å². The van der Waals surface area contributed by atoms with Gasteiger partial charge in [0, 0.05) is 17.4 Å². The molecule has 0 aliphatic heterocycles. The standard InChI is InChI=1S/C16H18BrFN4O2/c17-12-4-3-10(18)9-11(12)14(23)20-8-5-13-21-15(22-24-13)16(19)6-1-2-7-16/h3-4,9H,1-2,5-8,19H2,(H,20,23). The third-order valence-electron chi connectivity index (χ3n) is 4.21. The Morgan fingerprint density at radius 2 is 2.17 bits per heavy atom. The number of halogens is 2. The van der Waals surface area contributed by atoms with Gasteiger partial charge in [-0.1, -0.05) is 18.0 Å². The van der Waals surface area contributed by atoms with Gasteiger partial charge in [-0.2, -0.15) is 4.98 Å². The maximum absolute atomic E-state index is 13.2. The van der Waals surface area contributed by atoms with Crippen LogP contribution in [0.3, 0.4) is 0 Å². The monoisotopic (exact) mass is 396 g/mol. The van der Waals surface area contributed by atoms with E-state index >= 15 is 0 Å². The molecule has 3 N–H and O–H groups in total. The maximum Gasteiger partial charge on any atom is 0.252 e. The Bertz CT molecular complexity index is 743. The number of hydrogen-bond acceptors (Lipinski definition) is 5. The highest BCUT2D eigenvalue weighted by Gasteiger charge is 2.35. The van der Waals surface area contributed by atoms with Gasteiger partial charge < -0.3 is 15.6 Å². The molecule has 24 heavy (non-hydrogen) atoms. The van der Waals surface area contributed by atoms with Crippen molar-refractivity contribution in [2.45, 2.75) is 37.6 Å². The zero-order valence-corrected chi connectivity index (χ0v) is 14.6. The fourth-order valence-corrected chi connectivity index (χ4v) is 3.26. The summed E-state index contributed by atoms with van der Waals surface area (Å²) in [6.45, 7) is 0.307. The Kier molecular flexibility index (Phi) is 4.96. The van der Waals surface area contributed by atoms with Gasteiger partial charge in [0.15, 0.2) is 5.82 Å². The normalized spacial score (nSPS) is 16.3. The third-order valence-corrected chi connectivity index (χ3v) is 4.90. The molecule has 0 atom stereocenters. The molecule has 1 fully saturated rings. The van der Waals surface area contributed by atoms with E-state index in [0.29, 0.717) is 29.2 Å². The van der Waals surface area contributed by atoms with Gasteiger partial charge in [0.25, 0.3) is 5.91 Å². The topological polar surface area (TPSA) is 94.0 Å². The minimum absolute atomic E-state index is 0.244. The van der Waals surface area contributed by atoms with Crippen LogP contribution in [0.4, 0.5) is 4.39 Å². The number of hydrogen-bond donors (Lipinski definition) is 2. The minimum atomic E-state index is -0.489. The van der Waals surface area contributed by atoms with Crippen molar-refractivity contribution in [2.75, 3.05) is 6.54 Å². The summed E-state index contributed by atoms with van der Waals surface area (Å²) >= 11 is 3.23. The Hall–Kier alpha value is -1.80. The number of rotatable bonds is 5. The maximum atomic E-state index is 13.2. The highest BCUT2D eigenvalue weighted by Crippen LogP contribution is 2.34. The molecule has 0 bridgehead atoms. The fraction of sp³-hybridized carbons (Fsp3) is 0.438. The van der Waals surface area contributed by atoms with Crippen LogP contribution in [0.5, 0.6) is 0 Å². The van der Waals surface area contributed by atoms with Gasteiger partial charge in [-0.15, -0.1) is 0 Å². The van der Waals surface area contributed by atoms with Crippen LogP contribution in [0.15, 0.2) is 27.2 Å². The van der Waals surface area contributed by atoms with Gasteiger partial charge in [-0.25, -0.2) is 4.39 Å². The number of carbonyl (C=O) groups excluding carboxylic acids is 1. The van der Waals surface area contributed by atoms with E-state index in [-0.39, 0.29) is 11.5 Å². The molecule has 0 radical (unpaired) electrons. The molecular formula is C16H18BrFN4O2. The molecule has 1 amide bonds. The zero-order valence-electron chi connectivity index (χ0n) is 13.0. The summed E-state index contributed by atoms with van der Waals surface area (Å²) < 4.78 is 19.0. The first-order valence-electron chi connectivity index (χ1n) is 7.83. The van der Waals surface area contributed by atoms with Crippen LogP contribution in [0.2, 0.25) is 0 Å². The highest BCUT2D eigenvalue weighted by molar-refractivity contribution is 9.10. The van der Waals surface area contributed by atoms with Crippen molar-refractivity contribution in [2.24, 2.45) is 5.73 Å². The van der Waals surface area contributed by atoms with E-state index < -0.39 is 11.4 Å². The van der Waals surface area contributed by atoms with E-state index in [4.69, 9.17) is 10.3 Å². The summed E-state index contributed by atoms with van der Waals surface area (Å²) in [6.07, 6.45) is 4.24. The Labute approximate surface area is 147 Å². The molecule has 0 saturated heterocycles. The predicted octanol–water partition coefficient (Wildman–Crippen LogP) is 2.67. The number of nitrogens with two attached hydrogens (primary N) is 1. The minimum Gasteiger partial charge on any atom is -0.351 e. The molecule has 1 heterocycles. The molecule has 1 saturated carbocycles. The van der Waals surface area contributed by atoms with Crippen molar-refractivity contribution in [1.29, 1.82) is 0 Å². The van der Waals surface area contributed by atoms with Gasteiger partial charge in [-0.05, 0) is 47.0 Å². The van der Waals surface area contributed by atoms with E-state index in [1.807, 2.05) is 0 Å². The van der Waals surface area contributed by atoms with Crippen molar-refractivity contribution in [1.82, 2.24) is 15.5 Å².